The summed E-state index contributed by atoms with van der Waals surface area (Å²) in [6, 6.07) is 10.1. The van der Waals surface area contributed by atoms with Crippen LogP contribution < -0.4 is 0 Å². The van der Waals surface area contributed by atoms with Crippen molar-refractivity contribution >= 4 is 27.5 Å². The van der Waals surface area contributed by atoms with Crippen molar-refractivity contribution < 1.29 is 9.53 Å². The SMILES string of the molecule is CCCc1cn(-c2c(C(=O)OC)sc3ncc(C)c(-c4ccccc4)c23)nn1. The molecular weight excluding hydrogens is 372 g/mol. The molecule has 142 valence electrons. The number of rotatable bonds is 5. The van der Waals surface area contributed by atoms with Gasteiger partial charge in [0.2, 0.25) is 0 Å². The maximum Gasteiger partial charge on any atom is 0.350 e. The van der Waals surface area contributed by atoms with Gasteiger partial charge in [-0.25, -0.2) is 14.5 Å². The van der Waals surface area contributed by atoms with Gasteiger partial charge >= 0.3 is 5.97 Å². The molecule has 0 atom stereocenters. The normalized spacial score (nSPS) is 11.1. The second-order valence-electron chi connectivity index (χ2n) is 6.54. The molecule has 0 amide bonds. The van der Waals surface area contributed by atoms with Crippen molar-refractivity contribution in [1.29, 1.82) is 0 Å². The van der Waals surface area contributed by atoms with Crippen molar-refractivity contribution in [3.05, 3.63) is 58.9 Å². The fourth-order valence-corrected chi connectivity index (χ4v) is 4.41. The summed E-state index contributed by atoms with van der Waals surface area (Å²) < 4.78 is 6.72. The summed E-state index contributed by atoms with van der Waals surface area (Å²) in [5, 5.41) is 9.46. The molecule has 0 saturated carbocycles. The number of carbonyl (C=O) groups is 1. The van der Waals surface area contributed by atoms with Gasteiger partial charge in [-0.2, -0.15) is 0 Å². The molecular formula is C21H20N4O2S. The minimum absolute atomic E-state index is 0.401. The van der Waals surface area contributed by atoms with Crippen LogP contribution in [0.5, 0.6) is 0 Å². The highest BCUT2D eigenvalue weighted by Gasteiger charge is 2.25. The number of fused-ring (bicyclic) bond motifs is 1. The largest absolute Gasteiger partial charge is 0.465 e. The maximum atomic E-state index is 12.5. The fraction of sp³-hybridized carbons (Fsp3) is 0.238. The maximum absolute atomic E-state index is 12.5. The third-order valence-electron chi connectivity index (χ3n) is 4.59. The molecule has 0 fully saturated rings. The van der Waals surface area contributed by atoms with Crippen LogP contribution in [-0.4, -0.2) is 33.1 Å². The van der Waals surface area contributed by atoms with Crippen LogP contribution in [0, 0.1) is 6.92 Å². The molecule has 28 heavy (non-hydrogen) atoms. The Bertz CT molecular complexity index is 1150. The van der Waals surface area contributed by atoms with Gasteiger partial charge in [-0.1, -0.05) is 48.9 Å². The minimum Gasteiger partial charge on any atom is -0.465 e. The number of hydrogen-bond acceptors (Lipinski definition) is 6. The van der Waals surface area contributed by atoms with E-state index >= 15 is 0 Å². The number of pyridine rings is 1. The molecule has 1 aromatic carbocycles. The first-order valence-corrected chi connectivity index (χ1v) is 9.93. The number of hydrogen-bond donors (Lipinski definition) is 0. The molecule has 0 aliphatic carbocycles. The highest BCUT2D eigenvalue weighted by Crippen LogP contribution is 2.41. The Kier molecular flexibility index (Phi) is 4.92. The molecule has 7 heteroatoms. The van der Waals surface area contributed by atoms with E-state index in [1.165, 1.54) is 18.4 Å². The Labute approximate surface area is 166 Å². The van der Waals surface area contributed by atoms with Crippen LogP contribution in [-0.2, 0) is 11.2 Å². The van der Waals surface area contributed by atoms with Crippen molar-refractivity contribution in [3.63, 3.8) is 0 Å². The number of esters is 1. The smallest absolute Gasteiger partial charge is 0.350 e. The molecule has 0 aliphatic rings. The number of aromatic nitrogens is 4. The fourth-order valence-electron chi connectivity index (χ4n) is 3.35. The number of benzene rings is 1. The molecule has 0 bridgehead atoms. The van der Waals surface area contributed by atoms with E-state index in [9.17, 15) is 4.79 Å². The van der Waals surface area contributed by atoms with Crippen LogP contribution in [0.25, 0.3) is 27.0 Å². The van der Waals surface area contributed by atoms with Crippen molar-refractivity contribution in [2.75, 3.05) is 7.11 Å². The second-order valence-corrected chi connectivity index (χ2v) is 7.54. The van der Waals surface area contributed by atoms with Gasteiger partial charge in [-0.15, -0.1) is 16.4 Å². The average molecular weight is 392 g/mol. The molecule has 4 aromatic rings. The van der Waals surface area contributed by atoms with E-state index < -0.39 is 5.97 Å². The van der Waals surface area contributed by atoms with E-state index in [2.05, 4.69) is 34.4 Å². The highest BCUT2D eigenvalue weighted by molar-refractivity contribution is 7.21. The predicted octanol–water partition coefficient (Wildman–Crippen LogP) is 4.59. The van der Waals surface area contributed by atoms with Crippen LogP contribution in [0.4, 0.5) is 0 Å². The molecule has 0 unspecified atom stereocenters. The van der Waals surface area contributed by atoms with Crippen LogP contribution in [0.2, 0.25) is 0 Å². The molecule has 6 nitrogen and oxygen atoms in total. The molecule has 0 spiro atoms. The first-order chi connectivity index (χ1) is 13.6. The summed E-state index contributed by atoms with van der Waals surface area (Å²) in [6.45, 7) is 4.12. The number of thiophene rings is 1. The minimum atomic E-state index is -0.401. The number of aryl methyl sites for hydroxylation is 2. The van der Waals surface area contributed by atoms with Gasteiger partial charge in [0.05, 0.1) is 19.0 Å². The van der Waals surface area contributed by atoms with Gasteiger partial charge in [-0.3, -0.25) is 0 Å². The molecule has 4 rings (SSSR count). The number of carbonyl (C=O) groups excluding carboxylic acids is 1. The van der Waals surface area contributed by atoms with Crippen molar-refractivity contribution in [2.45, 2.75) is 26.7 Å². The van der Waals surface area contributed by atoms with Crippen molar-refractivity contribution in [1.82, 2.24) is 20.0 Å². The van der Waals surface area contributed by atoms with Gasteiger partial charge in [0, 0.05) is 11.6 Å². The lowest BCUT2D eigenvalue weighted by molar-refractivity contribution is 0.0606. The molecule has 3 aromatic heterocycles. The highest BCUT2D eigenvalue weighted by atomic mass is 32.1. The van der Waals surface area contributed by atoms with Gasteiger partial charge in [0.15, 0.2) is 0 Å². The van der Waals surface area contributed by atoms with Crippen molar-refractivity contribution in [3.8, 4) is 16.8 Å². The van der Waals surface area contributed by atoms with E-state index in [1.807, 2.05) is 37.5 Å². The Morgan fingerprint density at radius 1 is 1.25 bits per heavy atom. The Morgan fingerprint density at radius 2 is 2.04 bits per heavy atom. The van der Waals surface area contributed by atoms with Crippen molar-refractivity contribution in [2.24, 2.45) is 0 Å². The van der Waals surface area contributed by atoms with Gasteiger partial charge in [-0.05, 0) is 30.0 Å². The summed E-state index contributed by atoms with van der Waals surface area (Å²) in [7, 11) is 1.39. The standard InChI is InChI=1S/C21H20N4O2S/c1-4-8-15-12-25(24-23-15)18-17-16(14-9-6-5-7-10-14)13(2)11-22-20(17)28-19(18)21(26)27-3/h5-7,9-12H,4,8H2,1-3H3. The van der Waals surface area contributed by atoms with Crippen LogP contribution in [0.15, 0.2) is 42.7 Å². The molecule has 0 aliphatic heterocycles. The summed E-state index contributed by atoms with van der Waals surface area (Å²) in [6.07, 6.45) is 5.53. The zero-order valence-corrected chi connectivity index (χ0v) is 16.8. The van der Waals surface area contributed by atoms with Gasteiger partial charge in [0.25, 0.3) is 0 Å². The molecule has 0 N–H and O–H groups in total. The molecule has 3 heterocycles. The van der Waals surface area contributed by atoms with Crippen LogP contribution >= 0.6 is 11.3 Å². The van der Waals surface area contributed by atoms with E-state index in [-0.39, 0.29) is 0 Å². The van der Waals surface area contributed by atoms with E-state index in [0.29, 0.717) is 10.6 Å². The van der Waals surface area contributed by atoms with E-state index in [4.69, 9.17) is 4.74 Å². The first kappa shape index (κ1) is 18.3. The number of ether oxygens (including phenoxy) is 1. The topological polar surface area (TPSA) is 69.9 Å². The molecule has 0 saturated heterocycles. The summed E-state index contributed by atoms with van der Waals surface area (Å²) in [5.41, 5.74) is 4.70. The third-order valence-corrected chi connectivity index (χ3v) is 5.66. The summed E-state index contributed by atoms with van der Waals surface area (Å²) in [4.78, 5) is 18.4. The lowest BCUT2D eigenvalue weighted by Gasteiger charge is -2.10. The van der Waals surface area contributed by atoms with Crippen LogP contribution in [0.1, 0.15) is 34.3 Å². The third kappa shape index (κ3) is 3.07. The first-order valence-electron chi connectivity index (χ1n) is 9.11. The molecule has 0 radical (unpaired) electrons. The monoisotopic (exact) mass is 392 g/mol. The van der Waals surface area contributed by atoms with E-state index in [0.717, 1.165) is 45.4 Å². The lowest BCUT2D eigenvalue weighted by Crippen LogP contribution is -2.05. The Hall–Kier alpha value is -3.06. The predicted molar refractivity (Wildman–Crippen MR) is 110 cm³/mol. The summed E-state index contributed by atoms with van der Waals surface area (Å²) in [5.74, 6) is -0.401. The second kappa shape index (κ2) is 7.52. The quantitative estimate of drug-likeness (QED) is 0.465. The zero-order valence-electron chi connectivity index (χ0n) is 16.0. The Balaban J connectivity index is 2.07. The van der Waals surface area contributed by atoms with E-state index in [1.54, 1.807) is 4.68 Å². The average Bonchev–Trinajstić information content (AvgIpc) is 3.32. The number of methoxy groups -OCH3 is 1. The van der Waals surface area contributed by atoms with Crippen LogP contribution in [0.3, 0.4) is 0 Å². The Morgan fingerprint density at radius 3 is 2.75 bits per heavy atom. The number of nitrogens with zero attached hydrogens (tertiary/aromatic N) is 4. The van der Waals surface area contributed by atoms with Gasteiger partial charge < -0.3 is 4.74 Å². The summed E-state index contributed by atoms with van der Waals surface area (Å²) >= 11 is 1.32. The van der Waals surface area contributed by atoms with Gasteiger partial charge in [0.1, 0.15) is 15.4 Å². The zero-order chi connectivity index (χ0) is 19.7. The lowest BCUT2D eigenvalue weighted by atomic mass is 9.98.